The van der Waals surface area contributed by atoms with Crippen molar-refractivity contribution >= 4 is 11.6 Å². The van der Waals surface area contributed by atoms with E-state index in [-0.39, 0.29) is 12.1 Å². The Morgan fingerprint density at radius 3 is 2.58 bits per heavy atom. The van der Waals surface area contributed by atoms with E-state index in [0.717, 1.165) is 10.7 Å². The Bertz CT molecular complexity index is 562. The number of aryl methyl sites for hydroxylation is 2. The van der Waals surface area contributed by atoms with Crippen LogP contribution in [0.5, 0.6) is 0 Å². The van der Waals surface area contributed by atoms with Crippen LogP contribution in [0.4, 0.5) is 0 Å². The standard InChI is InChI=1S/C15H20ClN3/c1-10(13-6-5-7-14(16)8-13)17-11(2)15-9-19(4)18-12(15)3/h5-11,17H,1-4H3/t10-,11?/m0/s1. The summed E-state index contributed by atoms with van der Waals surface area (Å²) < 4.78 is 1.85. The van der Waals surface area contributed by atoms with Crippen LogP contribution in [0.1, 0.15) is 42.8 Å². The van der Waals surface area contributed by atoms with E-state index in [1.807, 2.05) is 36.9 Å². The van der Waals surface area contributed by atoms with E-state index >= 15 is 0 Å². The normalized spacial score (nSPS) is 14.4. The largest absolute Gasteiger partial charge is 0.304 e. The van der Waals surface area contributed by atoms with Gasteiger partial charge in [-0.3, -0.25) is 4.68 Å². The number of rotatable bonds is 4. The van der Waals surface area contributed by atoms with Crippen molar-refractivity contribution in [1.82, 2.24) is 15.1 Å². The molecular weight excluding hydrogens is 258 g/mol. The van der Waals surface area contributed by atoms with Gasteiger partial charge in [0, 0.05) is 35.9 Å². The van der Waals surface area contributed by atoms with Gasteiger partial charge >= 0.3 is 0 Å². The van der Waals surface area contributed by atoms with Crippen molar-refractivity contribution in [2.75, 3.05) is 0 Å². The van der Waals surface area contributed by atoms with Crippen molar-refractivity contribution in [2.24, 2.45) is 7.05 Å². The highest BCUT2D eigenvalue weighted by Crippen LogP contribution is 2.22. The molecule has 0 fully saturated rings. The molecule has 1 aromatic heterocycles. The lowest BCUT2D eigenvalue weighted by atomic mass is 10.1. The summed E-state index contributed by atoms with van der Waals surface area (Å²) in [5.41, 5.74) is 3.50. The predicted octanol–water partition coefficient (Wildman–Crippen LogP) is 3.79. The van der Waals surface area contributed by atoms with Crippen LogP contribution in [0.3, 0.4) is 0 Å². The van der Waals surface area contributed by atoms with E-state index in [2.05, 4.69) is 36.5 Å². The molecular formula is C15H20ClN3. The molecule has 4 heteroatoms. The Hall–Kier alpha value is -1.32. The first-order chi connectivity index (χ1) is 8.97. The summed E-state index contributed by atoms with van der Waals surface area (Å²) in [7, 11) is 1.95. The fourth-order valence-electron chi connectivity index (χ4n) is 2.38. The molecule has 0 aliphatic rings. The molecule has 2 rings (SSSR count). The molecule has 102 valence electrons. The van der Waals surface area contributed by atoms with Crippen LogP contribution in [0.25, 0.3) is 0 Å². The topological polar surface area (TPSA) is 29.9 Å². The predicted molar refractivity (Wildman–Crippen MR) is 79.4 cm³/mol. The number of halogens is 1. The highest BCUT2D eigenvalue weighted by atomic mass is 35.5. The number of nitrogens with one attached hydrogen (secondary N) is 1. The number of nitrogens with zero attached hydrogens (tertiary/aromatic N) is 2. The van der Waals surface area contributed by atoms with Crippen molar-refractivity contribution in [3.8, 4) is 0 Å². The van der Waals surface area contributed by atoms with Crippen molar-refractivity contribution < 1.29 is 0 Å². The Balaban J connectivity index is 2.10. The Morgan fingerprint density at radius 1 is 1.26 bits per heavy atom. The first-order valence-electron chi connectivity index (χ1n) is 6.49. The van der Waals surface area contributed by atoms with Crippen molar-refractivity contribution in [3.05, 3.63) is 52.3 Å². The number of hydrogen-bond donors (Lipinski definition) is 1. The van der Waals surface area contributed by atoms with Gasteiger partial charge in [-0.1, -0.05) is 23.7 Å². The minimum atomic E-state index is 0.244. The zero-order valence-electron chi connectivity index (χ0n) is 11.8. The number of aromatic nitrogens is 2. The minimum absolute atomic E-state index is 0.244. The molecule has 2 atom stereocenters. The Morgan fingerprint density at radius 2 is 2.00 bits per heavy atom. The molecule has 0 bridgehead atoms. The first-order valence-corrected chi connectivity index (χ1v) is 6.87. The highest BCUT2D eigenvalue weighted by Gasteiger charge is 2.15. The lowest BCUT2D eigenvalue weighted by Crippen LogP contribution is -2.22. The minimum Gasteiger partial charge on any atom is -0.304 e. The molecule has 3 nitrogen and oxygen atoms in total. The van der Waals surface area contributed by atoms with Gasteiger partial charge in [0.05, 0.1) is 5.69 Å². The van der Waals surface area contributed by atoms with Crippen LogP contribution < -0.4 is 5.32 Å². The van der Waals surface area contributed by atoms with Crippen LogP contribution in [-0.4, -0.2) is 9.78 Å². The summed E-state index contributed by atoms with van der Waals surface area (Å²) in [5.74, 6) is 0. The Kier molecular flexibility index (Phi) is 4.27. The molecule has 0 radical (unpaired) electrons. The quantitative estimate of drug-likeness (QED) is 0.921. The molecule has 0 amide bonds. The molecule has 0 saturated carbocycles. The van der Waals surface area contributed by atoms with E-state index in [4.69, 9.17) is 11.6 Å². The van der Waals surface area contributed by atoms with Gasteiger partial charge in [0.1, 0.15) is 0 Å². The van der Waals surface area contributed by atoms with E-state index in [1.165, 1.54) is 11.1 Å². The molecule has 1 unspecified atom stereocenters. The van der Waals surface area contributed by atoms with Crippen LogP contribution in [0.15, 0.2) is 30.5 Å². The Labute approximate surface area is 119 Å². The zero-order chi connectivity index (χ0) is 14.0. The summed E-state index contributed by atoms with van der Waals surface area (Å²) in [6, 6.07) is 8.47. The maximum absolute atomic E-state index is 6.03. The second kappa shape index (κ2) is 5.76. The molecule has 0 aliphatic heterocycles. The van der Waals surface area contributed by atoms with Gasteiger partial charge in [0.25, 0.3) is 0 Å². The van der Waals surface area contributed by atoms with Crippen molar-refractivity contribution in [2.45, 2.75) is 32.9 Å². The third kappa shape index (κ3) is 3.37. The maximum atomic E-state index is 6.03. The van der Waals surface area contributed by atoms with E-state index in [9.17, 15) is 0 Å². The average Bonchev–Trinajstić information content (AvgIpc) is 2.68. The SMILES string of the molecule is Cc1nn(C)cc1C(C)N[C@@H](C)c1cccc(Cl)c1. The number of benzene rings is 1. The summed E-state index contributed by atoms with van der Waals surface area (Å²) in [6.45, 7) is 6.34. The second-order valence-corrected chi connectivity index (χ2v) is 5.45. The summed E-state index contributed by atoms with van der Waals surface area (Å²) in [4.78, 5) is 0. The van der Waals surface area contributed by atoms with E-state index < -0.39 is 0 Å². The van der Waals surface area contributed by atoms with Gasteiger partial charge in [-0.15, -0.1) is 0 Å². The summed E-state index contributed by atoms with van der Waals surface area (Å²) in [6.07, 6.45) is 2.07. The third-order valence-corrected chi connectivity index (χ3v) is 3.60. The molecule has 0 spiro atoms. The van der Waals surface area contributed by atoms with Gasteiger partial charge in [0.15, 0.2) is 0 Å². The van der Waals surface area contributed by atoms with Crippen LogP contribution in [0, 0.1) is 6.92 Å². The molecule has 1 aromatic carbocycles. The third-order valence-electron chi connectivity index (χ3n) is 3.37. The molecule has 0 saturated heterocycles. The first kappa shape index (κ1) is 14.1. The van der Waals surface area contributed by atoms with Crippen LogP contribution in [-0.2, 0) is 7.05 Å². The monoisotopic (exact) mass is 277 g/mol. The zero-order valence-corrected chi connectivity index (χ0v) is 12.6. The maximum Gasteiger partial charge on any atom is 0.0641 e. The van der Waals surface area contributed by atoms with Crippen LogP contribution >= 0.6 is 11.6 Å². The van der Waals surface area contributed by atoms with Gasteiger partial charge < -0.3 is 5.32 Å². The van der Waals surface area contributed by atoms with E-state index in [1.54, 1.807) is 0 Å². The fourth-order valence-corrected chi connectivity index (χ4v) is 2.58. The van der Waals surface area contributed by atoms with Gasteiger partial charge in [-0.25, -0.2) is 0 Å². The summed E-state index contributed by atoms with van der Waals surface area (Å²) >= 11 is 6.03. The number of hydrogen-bond acceptors (Lipinski definition) is 2. The summed E-state index contributed by atoms with van der Waals surface area (Å²) in [5, 5.41) is 8.74. The second-order valence-electron chi connectivity index (χ2n) is 5.01. The molecule has 1 heterocycles. The van der Waals surface area contributed by atoms with Gasteiger partial charge in [0.2, 0.25) is 0 Å². The molecule has 2 aromatic rings. The van der Waals surface area contributed by atoms with Gasteiger partial charge in [-0.05, 0) is 38.5 Å². The van der Waals surface area contributed by atoms with Crippen LogP contribution in [0.2, 0.25) is 5.02 Å². The molecule has 0 aliphatic carbocycles. The highest BCUT2D eigenvalue weighted by molar-refractivity contribution is 6.30. The lowest BCUT2D eigenvalue weighted by molar-refractivity contribution is 0.493. The average molecular weight is 278 g/mol. The van der Waals surface area contributed by atoms with Crippen molar-refractivity contribution in [1.29, 1.82) is 0 Å². The van der Waals surface area contributed by atoms with Crippen molar-refractivity contribution in [3.63, 3.8) is 0 Å². The molecule has 1 N–H and O–H groups in total. The van der Waals surface area contributed by atoms with Gasteiger partial charge in [-0.2, -0.15) is 5.10 Å². The van der Waals surface area contributed by atoms with E-state index in [0.29, 0.717) is 0 Å². The fraction of sp³-hybridized carbons (Fsp3) is 0.400. The molecule has 19 heavy (non-hydrogen) atoms. The lowest BCUT2D eigenvalue weighted by Gasteiger charge is -2.20. The smallest absolute Gasteiger partial charge is 0.0641 e.